The van der Waals surface area contributed by atoms with Crippen LogP contribution in [0.5, 0.6) is 0 Å². The van der Waals surface area contributed by atoms with E-state index in [9.17, 15) is 0 Å². The third kappa shape index (κ3) is 10.1. The van der Waals surface area contributed by atoms with Crippen LogP contribution in [0.1, 0.15) is 44.1 Å². The van der Waals surface area contributed by atoms with E-state index in [0.717, 1.165) is 23.6 Å². The van der Waals surface area contributed by atoms with E-state index in [2.05, 4.69) is 60.0 Å². The molecule has 123 valence electrons. The van der Waals surface area contributed by atoms with Gasteiger partial charge in [-0.15, -0.1) is 0 Å². The van der Waals surface area contributed by atoms with Gasteiger partial charge in [-0.2, -0.15) is 0 Å². The lowest BCUT2D eigenvalue weighted by Gasteiger charge is -2.30. The summed E-state index contributed by atoms with van der Waals surface area (Å²) < 4.78 is 1.05. The molecule has 22 heavy (non-hydrogen) atoms. The highest BCUT2D eigenvalue weighted by Crippen LogP contribution is 2.08. The van der Waals surface area contributed by atoms with Gasteiger partial charge in [-0.1, -0.05) is 68.5 Å². The van der Waals surface area contributed by atoms with Crippen molar-refractivity contribution in [1.82, 2.24) is 5.32 Å². The summed E-state index contributed by atoms with van der Waals surface area (Å²) >= 11 is 0. The van der Waals surface area contributed by atoms with Gasteiger partial charge in [-0.05, 0) is 13.0 Å². The fraction of sp³-hybridized carbons (Fsp3) is 0.684. The smallest absolute Gasteiger partial charge is 0.104 e. The van der Waals surface area contributed by atoms with Crippen LogP contribution >= 0.6 is 0 Å². The maximum absolute atomic E-state index is 3.61. The van der Waals surface area contributed by atoms with E-state index in [-0.39, 0.29) is 0 Å². The van der Waals surface area contributed by atoms with Gasteiger partial charge in [0, 0.05) is 22.4 Å². The number of nitrogens with zero attached hydrogens (tertiary/aromatic N) is 1. The van der Waals surface area contributed by atoms with Crippen LogP contribution in [0.3, 0.4) is 0 Å². The van der Waals surface area contributed by atoms with Crippen LogP contribution in [0.15, 0.2) is 30.3 Å². The minimum Gasteiger partial charge on any atom is -0.324 e. The molecule has 0 aromatic heterocycles. The van der Waals surface area contributed by atoms with Crippen molar-refractivity contribution in [3.63, 3.8) is 0 Å². The molecule has 0 aliphatic carbocycles. The molecule has 0 fully saturated rings. The summed E-state index contributed by atoms with van der Waals surface area (Å²) in [5, 5.41) is 3.61. The lowest BCUT2D eigenvalue weighted by molar-refractivity contribution is -0.902. The molecule has 0 heterocycles. The Morgan fingerprint density at radius 3 is 2.18 bits per heavy atom. The average molecular weight is 319 g/mol. The molecule has 3 radical (unpaired) electrons. The highest BCUT2D eigenvalue weighted by molar-refractivity contribution is 6.08. The maximum atomic E-state index is 3.61. The molecule has 1 aromatic carbocycles. The summed E-state index contributed by atoms with van der Waals surface area (Å²) in [7, 11) is 8.17. The molecule has 0 bridgehead atoms. The van der Waals surface area contributed by atoms with Crippen LogP contribution < -0.4 is 5.32 Å². The number of rotatable bonds is 13. The van der Waals surface area contributed by atoms with E-state index in [4.69, 9.17) is 0 Å². The van der Waals surface area contributed by atoms with Crippen molar-refractivity contribution in [3.8, 4) is 0 Å². The van der Waals surface area contributed by atoms with Gasteiger partial charge in [0.05, 0.1) is 20.6 Å². The van der Waals surface area contributed by atoms with Crippen molar-refractivity contribution >= 4 is 10.2 Å². The van der Waals surface area contributed by atoms with E-state index in [1.165, 1.54) is 57.2 Å². The lowest BCUT2D eigenvalue weighted by atomic mass is 10.1. The molecule has 3 heteroatoms. The molecule has 0 spiro atoms. The number of hydrogen-bond acceptors (Lipinski definition) is 1. The first-order valence-corrected chi connectivity index (χ1v) is 9.56. The standard InChI is InChI=1S/C19H34N2Si/c1-21(2,18-19-12-8-7-9-13-19)16-15-20-14-10-5-3-4-6-11-17-22/h7-9,12-13,20H,3-6,10-11,14-18H2,1-2H3/q+1. The largest absolute Gasteiger partial charge is 0.324 e. The van der Waals surface area contributed by atoms with E-state index >= 15 is 0 Å². The molecule has 2 nitrogen and oxygen atoms in total. The summed E-state index contributed by atoms with van der Waals surface area (Å²) in [4.78, 5) is 0. The lowest BCUT2D eigenvalue weighted by Crippen LogP contribution is -2.43. The molecular formula is C19H34N2Si+. The zero-order chi connectivity index (χ0) is 16.1. The number of hydrogen-bond donors (Lipinski definition) is 1. The highest BCUT2D eigenvalue weighted by atomic mass is 28.1. The molecule has 1 rings (SSSR count). The van der Waals surface area contributed by atoms with Gasteiger partial charge in [0.2, 0.25) is 0 Å². The van der Waals surface area contributed by atoms with Crippen molar-refractivity contribution in [3.05, 3.63) is 35.9 Å². The van der Waals surface area contributed by atoms with Crippen LogP contribution in [0.4, 0.5) is 0 Å². The summed E-state index contributed by atoms with van der Waals surface area (Å²) in [6.07, 6.45) is 8.18. The van der Waals surface area contributed by atoms with Gasteiger partial charge in [0.25, 0.3) is 0 Å². The van der Waals surface area contributed by atoms with Crippen LogP contribution in [-0.4, -0.2) is 48.5 Å². The first-order chi connectivity index (χ1) is 10.6. The third-order valence-electron chi connectivity index (χ3n) is 4.13. The fourth-order valence-electron chi connectivity index (χ4n) is 2.75. The minimum atomic E-state index is 1.05. The number of nitrogens with one attached hydrogen (secondary N) is 1. The predicted octanol–water partition coefficient (Wildman–Crippen LogP) is 3.78. The van der Waals surface area contributed by atoms with E-state index in [1.807, 2.05) is 0 Å². The Morgan fingerprint density at radius 1 is 0.864 bits per heavy atom. The van der Waals surface area contributed by atoms with Crippen molar-refractivity contribution in [2.24, 2.45) is 0 Å². The first kappa shape index (κ1) is 19.4. The van der Waals surface area contributed by atoms with Crippen LogP contribution in [-0.2, 0) is 6.54 Å². The van der Waals surface area contributed by atoms with Crippen molar-refractivity contribution in [2.45, 2.75) is 51.1 Å². The monoisotopic (exact) mass is 318 g/mol. The maximum Gasteiger partial charge on any atom is 0.104 e. The van der Waals surface area contributed by atoms with Gasteiger partial charge >= 0.3 is 0 Å². The molecule has 0 atom stereocenters. The second-order valence-corrected chi connectivity index (χ2v) is 7.42. The van der Waals surface area contributed by atoms with E-state index in [1.54, 1.807) is 0 Å². The zero-order valence-electron chi connectivity index (χ0n) is 14.6. The molecule has 0 unspecified atom stereocenters. The number of benzene rings is 1. The second kappa shape index (κ2) is 11.9. The molecule has 1 aromatic rings. The fourth-order valence-corrected chi connectivity index (χ4v) is 3.00. The third-order valence-corrected chi connectivity index (χ3v) is 4.48. The number of likely N-dealkylation sites (N-methyl/N-ethyl adjacent to an activating group) is 1. The predicted molar refractivity (Wildman–Crippen MR) is 98.3 cm³/mol. The minimum absolute atomic E-state index is 1.05. The first-order valence-electron chi connectivity index (χ1n) is 8.85. The molecule has 0 saturated heterocycles. The molecular weight excluding hydrogens is 284 g/mol. The van der Waals surface area contributed by atoms with Crippen LogP contribution in [0.25, 0.3) is 0 Å². The van der Waals surface area contributed by atoms with E-state index in [0.29, 0.717) is 0 Å². The molecule has 0 aliphatic rings. The topological polar surface area (TPSA) is 12.0 Å². The van der Waals surface area contributed by atoms with Gasteiger partial charge in [-0.25, -0.2) is 0 Å². The van der Waals surface area contributed by atoms with Crippen molar-refractivity contribution < 1.29 is 4.48 Å². The summed E-state index contributed by atoms with van der Waals surface area (Å²) in [5.41, 5.74) is 1.43. The van der Waals surface area contributed by atoms with Crippen molar-refractivity contribution in [1.29, 1.82) is 0 Å². The van der Waals surface area contributed by atoms with Gasteiger partial charge in [-0.3, -0.25) is 0 Å². The van der Waals surface area contributed by atoms with Crippen LogP contribution in [0, 0.1) is 0 Å². The van der Waals surface area contributed by atoms with Crippen LogP contribution in [0.2, 0.25) is 6.04 Å². The average Bonchev–Trinajstić information content (AvgIpc) is 2.49. The second-order valence-electron chi connectivity index (χ2n) is 6.92. The highest BCUT2D eigenvalue weighted by Gasteiger charge is 2.14. The number of quaternary nitrogens is 1. The zero-order valence-corrected chi connectivity index (χ0v) is 15.6. The Balaban J connectivity index is 1.99. The summed E-state index contributed by atoms with van der Waals surface area (Å²) in [5.74, 6) is 0. The summed E-state index contributed by atoms with van der Waals surface area (Å²) in [6.45, 7) is 4.57. The Kier molecular flexibility index (Phi) is 10.5. The van der Waals surface area contributed by atoms with Crippen molar-refractivity contribution in [2.75, 3.05) is 33.7 Å². The Morgan fingerprint density at radius 2 is 1.50 bits per heavy atom. The molecule has 0 saturated carbocycles. The Labute approximate surface area is 141 Å². The SMILES string of the molecule is C[N+](C)(CCNCCCCCCCC[Si])Cc1ccccc1. The van der Waals surface area contributed by atoms with E-state index < -0.39 is 0 Å². The number of unbranched alkanes of at least 4 members (excludes halogenated alkanes) is 5. The normalized spacial score (nSPS) is 11.8. The molecule has 0 aliphatic heterocycles. The Hall–Kier alpha value is -0.643. The summed E-state index contributed by atoms with van der Waals surface area (Å²) in [6, 6.07) is 12.0. The molecule has 1 N–H and O–H groups in total. The quantitative estimate of drug-likeness (QED) is 0.331. The van der Waals surface area contributed by atoms with Gasteiger partial charge < -0.3 is 9.80 Å². The van der Waals surface area contributed by atoms with Gasteiger partial charge in [0.15, 0.2) is 0 Å². The molecule has 0 amide bonds. The Bertz CT molecular complexity index is 365. The van der Waals surface area contributed by atoms with Gasteiger partial charge in [0.1, 0.15) is 6.54 Å².